The number of hydrogen-bond donors (Lipinski definition) is 2. The van der Waals surface area contributed by atoms with Gasteiger partial charge in [0, 0.05) is 23.2 Å². The number of nitrogens with one attached hydrogen (secondary N) is 2. The number of carbonyl (C=O) groups excluding carboxylic acids is 1. The highest BCUT2D eigenvalue weighted by Crippen LogP contribution is 2.21. The van der Waals surface area contributed by atoms with Crippen LogP contribution in [-0.4, -0.2) is 11.2 Å². The lowest BCUT2D eigenvalue weighted by molar-refractivity contribution is 0.251. The molecular weight excluding hydrogens is 314 g/mol. The van der Waals surface area contributed by atoms with Gasteiger partial charge in [-0.3, -0.25) is 5.32 Å². The Labute approximate surface area is 138 Å². The summed E-state index contributed by atoms with van der Waals surface area (Å²) in [6.07, 6.45) is 0. The number of hydrogen-bond acceptors (Lipinski definition) is 3. The number of anilines is 1. The highest BCUT2D eigenvalue weighted by atomic mass is 35.5. The van der Waals surface area contributed by atoms with Gasteiger partial charge in [-0.2, -0.15) is 0 Å². The second-order valence-corrected chi connectivity index (χ2v) is 5.31. The van der Waals surface area contributed by atoms with E-state index in [2.05, 4.69) is 15.8 Å². The molecule has 2 amide bonds. The Kier molecular flexibility index (Phi) is 4.59. The molecule has 3 aromatic rings. The zero-order chi connectivity index (χ0) is 16.1. The first-order valence-corrected chi connectivity index (χ1v) is 7.40. The normalized spacial score (nSPS) is 10.3. The van der Waals surface area contributed by atoms with Gasteiger partial charge in [-0.05, 0) is 17.7 Å². The lowest BCUT2D eigenvalue weighted by Gasteiger charge is -2.05. The molecule has 2 N–H and O–H groups in total. The molecule has 3 rings (SSSR count). The number of halogens is 1. The summed E-state index contributed by atoms with van der Waals surface area (Å²) in [6.45, 7) is 0.395. The van der Waals surface area contributed by atoms with E-state index in [-0.39, 0.29) is 6.03 Å². The quantitative estimate of drug-likeness (QED) is 0.750. The number of benzene rings is 2. The van der Waals surface area contributed by atoms with Crippen LogP contribution in [0.2, 0.25) is 5.02 Å². The van der Waals surface area contributed by atoms with Crippen molar-refractivity contribution < 1.29 is 9.32 Å². The van der Waals surface area contributed by atoms with E-state index in [4.69, 9.17) is 16.1 Å². The average molecular weight is 328 g/mol. The van der Waals surface area contributed by atoms with Gasteiger partial charge in [-0.15, -0.1) is 0 Å². The van der Waals surface area contributed by atoms with Gasteiger partial charge in [0.05, 0.1) is 0 Å². The molecule has 5 nitrogen and oxygen atoms in total. The third kappa shape index (κ3) is 4.11. The molecule has 6 heteroatoms. The summed E-state index contributed by atoms with van der Waals surface area (Å²) in [5.74, 6) is 0.955. The second kappa shape index (κ2) is 6.98. The number of amides is 2. The predicted molar refractivity (Wildman–Crippen MR) is 89.2 cm³/mol. The Bertz CT molecular complexity index is 785. The van der Waals surface area contributed by atoms with Crippen LogP contribution in [0.4, 0.5) is 10.6 Å². The van der Waals surface area contributed by atoms with Crippen molar-refractivity contribution in [1.82, 2.24) is 10.5 Å². The van der Waals surface area contributed by atoms with Gasteiger partial charge >= 0.3 is 6.03 Å². The van der Waals surface area contributed by atoms with Crippen LogP contribution in [0.25, 0.3) is 11.3 Å². The van der Waals surface area contributed by atoms with Crippen LogP contribution in [0.1, 0.15) is 5.56 Å². The molecular formula is C17H14ClN3O2. The topological polar surface area (TPSA) is 67.2 Å². The largest absolute Gasteiger partial charge is 0.354 e. The summed E-state index contributed by atoms with van der Waals surface area (Å²) in [7, 11) is 0. The monoisotopic (exact) mass is 327 g/mol. The van der Waals surface area contributed by atoms with Crippen LogP contribution >= 0.6 is 11.6 Å². The van der Waals surface area contributed by atoms with Gasteiger partial charge in [0.2, 0.25) is 0 Å². The van der Waals surface area contributed by atoms with E-state index in [0.29, 0.717) is 23.1 Å². The second-order valence-electron chi connectivity index (χ2n) is 4.88. The minimum Gasteiger partial charge on any atom is -0.354 e. The molecule has 0 aliphatic carbocycles. The lowest BCUT2D eigenvalue weighted by atomic mass is 10.2. The summed E-state index contributed by atoms with van der Waals surface area (Å²) < 4.78 is 5.22. The fraction of sp³-hybridized carbons (Fsp3) is 0.0588. The van der Waals surface area contributed by atoms with Crippen molar-refractivity contribution in [3.05, 3.63) is 71.2 Å². The SMILES string of the molecule is O=C(NCc1ccc(Cl)cc1)Nc1cc(-c2ccccc2)on1. The molecule has 2 aromatic carbocycles. The standard InChI is InChI=1S/C17H14ClN3O2/c18-14-8-6-12(7-9-14)11-19-17(22)20-16-10-15(23-21-16)13-4-2-1-3-5-13/h1-10H,11H2,(H2,19,20,21,22). The summed E-state index contributed by atoms with van der Waals surface area (Å²) in [5, 5.41) is 9.87. The van der Waals surface area contributed by atoms with Crippen LogP contribution in [0, 0.1) is 0 Å². The molecule has 0 radical (unpaired) electrons. The van der Waals surface area contributed by atoms with E-state index in [1.807, 2.05) is 42.5 Å². The van der Waals surface area contributed by atoms with E-state index < -0.39 is 0 Å². The van der Waals surface area contributed by atoms with Gasteiger partial charge in [-0.25, -0.2) is 4.79 Å². The van der Waals surface area contributed by atoms with Gasteiger partial charge < -0.3 is 9.84 Å². The van der Waals surface area contributed by atoms with Crippen LogP contribution in [-0.2, 0) is 6.54 Å². The van der Waals surface area contributed by atoms with Gasteiger partial charge in [0.25, 0.3) is 0 Å². The van der Waals surface area contributed by atoms with Crippen molar-refractivity contribution in [2.45, 2.75) is 6.54 Å². The van der Waals surface area contributed by atoms with Gasteiger partial charge in [-0.1, -0.05) is 59.2 Å². The van der Waals surface area contributed by atoms with E-state index in [1.165, 1.54) is 0 Å². The smallest absolute Gasteiger partial charge is 0.320 e. The van der Waals surface area contributed by atoms with Gasteiger partial charge in [0.15, 0.2) is 11.6 Å². The van der Waals surface area contributed by atoms with Crippen molar-refractivity contribution in [1.29, 1.82) is 0 Å². The zero-order valence-corrected chi connectivity index (χ0v) is 12.9. The van der Waals surface area contributed by atoms with Gasteiger partial charge in [0.1, 0.15) is 0 Å². The highest BCUT2D eigenvalue weighted by molar-refractivity contribution is 6.30. The summed E-state index contributed by atoms with van der Waals surface area (Å²) in [5.41, 5.74) is 1.85. The van der Waals surface area contributed by atoms with E-state index in [0.717, 1.165) is 11.1 Å². The number of rotatable bonds is 4. The first kappa shape index (κ1) is 15.1. The van der Waals surface area contributed by atoms with E-state index in [9.17, 15) is 4.79 Å². The molecule has 1 heterocycles. The van der Waals surface area contributed by atoms with Crippen molar-refractivity contribution in [2.24, 2.45) is 0 Å². The van der Waals surface area contributed by atoms with E-state index >= 15 is 0 Å². The molecule has 23 heavy (non-hydrogen) atoms. The van der Waals surface area contributed by atoms with Crippen LogP contribution in [0.15, 0.2) is 65.2 Å². The minimum absolute atomic E-state index is 0.354. The maximum absolute atomic E-state index is 11.9. The Morgan fingerprint density at radius 2 is 1.83 bits per heavy atom. The van der Waals surface area contributed by atoms with Crippen molar-refractivity contribution in [3.8, 4) is 11.3 Å². The maximum atomic E-state index is 11.9. The molecule has 0 spiro atoms. The van der Waals surface area contributed by atoms with E-state index in [1.54, 1.807) is 18.2 Å². The molecule has 0 atom stereocenters. The molecule has 0 aliphatic heterocycles. The summed E-state index contributed by atoms with van der Waals surface area (Å²) in [6, 6.07) is 18.1. The molecule has 0 unspecified atom stereocenters. The molecule has 116 valence electrons. The maximum Gasteiger partial charge on any atom is 0.320 e. The van der Waals surface area contributed by atoms with Crippen LogP contribution < -0.4 is 10.6 Å². The number of carbonyl (C=O) groups is 1. The van der Waals surface area contributed by atoms with Crippen LogP contribution in [0.5, 0.6) is 0 Å². The molecule has 0 bridgehead atoms. The summed E-state index contributed by atoms with van der Waals surface area (Å²) >= 11 is 5.82. The Hall–Kier alpha value is -2.79. The third-order valence-corrected chi connectivity index (χ3v) is 3.43. The Morgan fingerprint density at radius 1 is 1.09 bits per heavy atom. The fourth-order valence-corrected chi connectivity index (χ4v) is 2.14. The summed E-state index contributed by atoms with van der Waals surface area (Å²) in [4.78, 5) is 11.9. The molecule has 1 aromatic heterocycles. The molecule has 0 saturated heterocycles. The predicted octanol–water partition coefficient (Wildman–Crippen LogP) is 4.32. The average Bonchev–Trinajstić information content (AvgIpc) is 3.04. The number of urea groups is 1. The zero-order valence-electron chi connectivity index (χ0n) is 12.1. The Balaban J connectivity index is 1.56. The molecule has 0 aliphatic rings. The van der Waals surface area contributed by atoms with Crippen molar-refractivity contribution in [2.75, 3.05) is 5.32 Å². The number of nitrogens with zero attached hydrogens (tertiary/aromatic N) is 1. The highest BCUT2D eigenvalue weighted by Gasteiger charge is 2.09. The molecule has 0 saturated carbocycles. The first-order valence-electron chi connectivity index (χ1n) is 7.02. The third-order valence-electron chi connectivity index (χ3n) is 3.18. The Morgan fingerprint density at radius 3 is 2.57 bits per heavy atom. The lowest BCUT2D eigenvalue weighted by Crippen LogP contribution is -2.28. The van der Waals surface area contributed by atoms with Crippen molar-refractivity contribution >= 4 is 23.4 Å². The minimum atomic E-state index is -0.354. The fourth-order valence-electron chi connectivity index (χ4n) is 2.02. The van der Waals surface area contributed by atoms with Crippen LogP contribution in [0.3, 0.4) is 0 Å². The first-order chi connectivity index (χ1) is 11.2. The van der Waals surface area contributed by atoms with Crippen molar-refractivity contribution in [3.63, 3.8) is 0 Å². The molecule has 0 fully saturated rings. The number of aromatic nitrogens is 1.